The molecule has 1 heterocycles. The molecule has 0 aliphatic carbocycles. The molecular formula is C25H31NO3. The van der Waals surface area contributed by atoms with Gasteiger partial charge in [0.2, 0.25) is 0 Å². The van der Waals surface area contributed by atoms with Crippen molar-refractivity contribution in [3.8, 4) is 0 Å². The molecule has 154 valence electrons. The number of nitrogens with zero attached hydrogens (tertiary/aromatic N) is 1. The number of carbonyl (C=O) groups excluding carboxylic acids is 1. The number of carbonyl (C=O) groups is 1. The lowest BCUT2D eigenvalue weighted by Gasteiger charge is -2.31. The van der Waals surface area contributed by atoms with Gasteiger partial charge in [0.15, 0.2) is 0 Å². The fraction of sp³-hybridized carbons (Fsp3) is 0.400. The smallest absolute Gasteiger partial charge is 0.310 e. The third kappa shape index (κ3) is 6.84. The van der Waals surface area contributed by atoms with E-state index in [1.807, 2.05) is 31.2 Å². The molecule has 1 saturated heterocycles. The lowest BCUT2D eigenvalue weighted by molar-refractivity contribution is -0.150. The first-order valence-corrected chi connectivity index (χ1v) is 10.5. The molecule has 3 rings (SSSR count). The van der Waals surface area contributed by atoms with Crippen LogP contribution in [0.5, 0.6) is 0 Å². The SMILES string of the molecule is CCOC(=O)[C@@H]1CCCN(CCOC/C(=C/c2ccccc2)c2ccccc2)C1. The topological polar surface area (TPSA) is 38.8 Å². The van der Waals surface area contributed by atoms with Crippen LogP contribution in [0.3, 0.4) is 0 Å². The van der Waals surface area contributed by atoms with Crippen LogP contribution in [-0.2, 0) is 14.3 Å². The summed E-state index contributed by atoms with van der Waals surface area (Å²) in [6.45, 7) is 6.15. The minimum absolute atomic E-state index is 0.00144. The van der Waals surface area contributed by atoms with Gasteiger partial charge in [-0.1, -0.05) is 60.7 Å². The summed E-state index contributed by atoms with van der Waals surface area (Å²) >= 11 is 0. The van der Waals surface area contributed by atoms with Crippen molar-refractivity contribution in [3.63, 3.8) is 0 Å². The van der Waals surface area contributed by atoms with Crippen LogP contribution >= 0.6 is 0 Å². The molecular weight excluding hydrogens is 362 g/mol. The summed E-state index contributed by atoms with van der Waals surface area (Å²) in [5, 5.41) is 0. The van der Waals surface area contributed by atoms with Gasteiger partial charge in [-0.25, -0.2) is 0 Å². The minimum atomic E-state index is -0.0599. The van der Waals surface area contributed by atoms with E-state index in [2.05, 4.69) is 47.4 Å². The molecule has 0 amide bonds. The Morgan fingerprint density at radius 1 is 1.10 bits per heavy atom. The Hall–Kier alpha value is -2.43. The quantitative estimate of drug-likeness (QED) is 0.357. The van der Waals surface area contributed by atoms with Crippen LogP contribution in [0, 0.1) is 5.92 Å². The summed E-state index contributed by atoms with van der Waals surface area (Å²) < 4.78 is 11.2. The molecule has 4 nitrogen and oxygen atoms in total. The zero-order chi connectivity index (χ0) is 20.3. The molecule has 0 saturated carbocycles. The monoisotopic (exact) mass is 393 g/mol. The van der Waals surface area contributed by atoms with E-state index in [1.165, 1.54) is 16.7 Å². The number of likely N-dealkylation sites (tertiary alicyclic amines) is 1. The lowest BCUT2D eigenvalue weighted by atomic mass is 9.98. The van der Waals surface area contributed by atoms with Gasteiger partial charge in [-0.15, -0.1) is 0 Å². The van der Waals surface area contributed by atoms with E-state index in [0.29, 0.717) is 19.8 Å². The Morgan fingerprint density at radius 2 is 1.83 bits per heavy atom. The maximum Gasteiger partial charge on any atom is 0.310 e. The normalized spacial score (nSPS) is 17.8. The third-order valence-corrected chi connectivity index (χ3v) is 5.22. The van der Waals surface area contributed by atoms with E-state index in [9.17, 15) is 4.79 Å². The molecule has 2 aromatic carbocycles. The molecule has 1 atom stereocenters. The Labute approximate surface area is 174 Å². The number of rotatable bonds is 9. The fourth-order valence-corrected chi connectivity index (χ4v) is 3.70. The Balaban J connectivity index is 1.53. The van der Waals surface area contributed by atoms with Crippen LogP contribution in [0.25, 0.3) is 11.6 Å². The summed E-state index contributed by atoms with van der Waals surface area (Å²) in [6, 6.07) is 20.7. The van der Waals surface area contributed by atoms with E-state index >= 15 is 0 Å². The molecule has 0 aromatic heterocycles. The summed E-state index contributed by atoms with van der Waals surface area (Å²) in [7, 11) is 0. The van der Waals surface area contributed by atoms with E-state index in [4.69, 9.17) is 9.47 Å². The van der Waals surface area contributed by atoms with Crippen molar-refractivity contribution in [2.75, 3.05) is 39.5 Å². The summed E-state index contributed by atoms with van der Waals surface area (Å²) in [5.41, 5.74) is 3.51. The average Bonchev–Trinajstić information content (AvgIpc) is 2.77. The van der Waals surface area contributed by atoms with Crippen molar-refractivity contribution in [2.24, 2.45) is 5.92 Å². The number of esters is 1. The number of piperidine rings is 1. The molecule has 1 aliphatic heterocycles. The van der Waals surface area contributed by atoms with Gasteiger partial charge in [0.1, 0.15) is 0 Å². The molecule has 2 aromatic rings. The van der Waals surface area contributed by atoms with E-state index in [1.54, 1.807) is 0 Å². The van der Waals surface area contributed by atoms with Gasteiger partial charge in [-0.2, -0.15) is 0 Å². The van der Waals surface area contributed by atoms with Crippen molar-refractivity contribution in [2.45, 2.75) is 19.8 Å². The first-order valence-electron chi connectivity index (χ1n) is 10.5. The second kappa shape index (κ2) is 11.5. The molecule has 0 radical (unpaired) electrons. The van der Waals surface area contributed by atoms with E-state index < -0.39 is 0 Å². The van der Waals surface area contributed by atoms with Crippen molar-refractivity contribution < 1.29 is 14.3 Å². The largest absolute Gasteiger partial charge is 0.466 e. The van der Waals surface area contributed by atoms with Crippen LogP contribution < -0.4 is 0 Å². The highest BCUT2D eigenvalue weighted by Gasteiger charge is 2.26. The maximum atomic E-state index is 12.0. The van der Waals surface area contributed by atoms with Crippen LogP contribution in [0.2, 0.25) is 0 Å². The van der Waals surface area contributed by atoms with Gasteiger partial charge >= 0.3 is 5.97 Å². The summed E-state index contributed by atoms with van der Waals surface area (Å²) in [4.78, 5) is 14.3. The lowest BCUT2D eigenvalue weighted by Crippen LogP contribution is -2.40. The summed E-state index contributed by atoms with van der Waals surface area (Å²) in [6.07, 6.45) is 4.15. The highest BCUT2D eigenvalue weighted by atomic mass is 16.5. The maximum absolute atomic E-state index is 12.0. The second-order valence-electron chi connectivity index (χ2n) is 7.39. The van der Waals surface area contributed by atoms with E-state index in [0.717, 1.165) is 32.5 Å². The van der Waals surface area contributed by atoms with Crippen LogP contribution in [0.4, 0.5) is 0 Å². The zero-order valence-corrected chi connectivity index (χ0v) is 17.3. The molecule has 0 unspecified atom stereocenters. The van der Waals surface area contributed by atoms with Crippen molar-refractivity contribution >= 4 is 17.6 Å². The second-order valence-corrected chi connectivity index (χ2v) is 7.39. The zero-order valence-electron chi connectivity index (χ0n) is 17.3. The van der Waals surface area contributed by atoms with Crippen LogP contribution in [0.1, 0.15) is 30.9 Å². The Kier molecular flexibility index (Phi) is 8.47. The number of ether oxygens (including phenoxy) is 2. The first-order chi connectivity index (χ1) is 14.3. The molecule has 4 heteroatoms. The van der Waals surface area contributed by atoms with Gasteiger partial charge < -0.3 is 14.4 Å². The van der Waals surface area contributed by atoms with Crippen LogP contribution in [0.15, 0.2) is 60.7 Å². The molecule has 0 spiro atoms. The minimum Gasteiger partial charge on any atom is -0.466 e. The highest BCUT2D eigenvalue weighted by Crippen LogP contribution is 2.20. The van der Waals surface area contributed by atoms with Gasteiger partial charge in [0, 0.05) is 13.1 Å². The van der Waals surface area contributed by atoms with Crippen molar-refractivity contribution in [1.29, 1.82) is 0 Å². The molecule has 29 heavy (non-hydrogen) atoms. The van der Waals surface area contributed by atoms with Gasteiger partial charge in [0.25, 0.3) is 0 Å². The van der Waals surface area contributed by atoms with Crippen molar-refractivity contribution in [3.05, 3.63) is 71.8 Å². The Morgan fingerprint density at radius 3 is 2.55 bits per heavy atom. The van der Waals surface area contributed by atoms with Gasteiger partial charge in [0.05, 0.1) is 25.7 Å². The molecule has 1 fully saturated rings. The third-order valence-electron chi connectivity index (χ3n) is 5.22. The molecule has 0 N–H and O–H groups in total. The molecule has 1 aliphatic rings. The van der Waals surface area contributed by atoms with Gasteiger partial charge in [-0.3, -0.25) is 4.79 Å². The van der Waals surface area contributed by atoms with Gasteiger partial charge in [-0.05, 0) is 49.1 Å². The number of hydrogen-bond acceptors (Lipinski definition) is 4. The summed E-state index contributed by atoms with van der Waals surface area (Å²) in [5.74, 6) is -0.0585. The molecule has 0 bridgehead atoms. The predicted molar refractivity (Wildman–Crippen MR) is 117 cm³/mol. The van der Waals surface area contributed by atoms with E-state index in [-0.39, 0.29) is 11.9 Å². The highest BCUT2D eigenvalue weighted by molar-refractivity contribution is 5.82. The average molecular weight is 394 g/mol. The van der Waals surface area contributed by atoms with Crippen molar-refractivity contribution in [1.82, 2.24) is 4.90 Å². The number of hydrogen-bond donors (Lipinski definition) is 0. The number of benzene rings is 2. The Bertz CT molecular complexity index is 773. The predicted octanol–water partition coefficient (Wildman–Crippen LogP) is 4.52. The van der Waals surface area contributed by atoms with Crippen LogP contribution in [-0.4, -0.2) is 50.3 Å². The fourth-order valence-electron chi connectivity index (χ4n) is 3.70. The first kappa shape index (κ1) is 21.3. The standard InChI is InChI=1S/C25H31NO3/c1-2-29-25(27)23-14-9-15-26(19-23)16-17-28-20-24(22-12-7-4-8-13-22)18-21-10-5-3-6-11-21/h3-8,10-13,18,23H,2,9,14-17,19-20H2,1H3/b24-18-/t23-/m1/s1.